The first-order chi connectivity index (χ1) is 28.3. The number of anilines is 3. The highest BCUT2D eigenvalue weighted by Gasteiger charge is 2.19. The van der Waals surface area contributed by atoms with Crippen LogP contribution in [0.25, 0.3) is 77.2 Å². The van der Waals surface area contributed by atoms with E-state index in [0.29, 0.717) is 0 Å². The Labute approximate surface area is 331 Å². The average Bonchev–Trinajstić information content (AvgIpc) is 3.79. The van der Waals surface area contributed by atoms with Crippen molar-refractivity contribution in [1.82, 2.24) is 9.13 Å². The van der Waals surface area contributed by atoms with Crippen LogP contribution in [0.15, 0.2) is 224 Å². The van der Waals surface area contributed by atoms with Crippen molar-refractivity contribution in [2.45, 2.75) is 0 Å². The number of hydrogen-bond acceptors (Lipinski definition) is 1. The molecule has 0 amide bonds. The van der Waals surface area contributed by atoms with Crippen LogP contribution in [-0.4, -0.2) is 9.13 Å². The minimum Gasteiger partial charge on any atom is -0.311 e. The monoisotopic (exact) mass is 727 g/mol. The Hall–Kier alpha value is -7.62. The fraction of sp³-hybridized carbons (Fsp3) is 0. The molecule has 0 aliphatic rings. The van der Waals surface area contributed by atoms with Gasteiger partial charge in [-0.25, -0.2) is 0 Å². The lowest BCUT2D eigenvalue weighted by Gasteiger charge is -2.26. The van der Waals surface area contributed by atoms with E-state index in [0.717, 1.165) is 28.4 Å². The molecule has 0 unspecified atom stereocenters. The number of rotatable bonds is 7. The number of nitrogens with zero attached hydrogens (tertiary/aromatic N) is 3. The molecule has 57 heavy (non-hydrogen) atoms. The number of fused-ring (bicyclic) bond motifs is 6. The van der Waals surface area contributed by atoms with Crippen molar-refractivity contribution >= 4 is 60.7 Å². The molecule has 11 rings (SSSR count). The number of aromatic nitrogens is 2. The van der Waals surface area contributed by atoms with Gasteiger partial charge in [0.05, 0.1) is 22.1 Å². The van der Waals surface area contributed by atoms with E-state index in [2.05, 4.69) is 238 Å². The van der Waals surface area contributed by atoms with E-state index >= 15 is 0 Å². The van der Waals surface area contributed by atoms with Crippen LogP contribution in [0.4, 0.5) is 17.1 Å². The molecular weight excluding hydrogens is 691 g/mol. The Kier molecular flexibility index (Phi) is 7.82. The van der Waals surface area contributed by atoms with Crippen LogP contribution in [0, 0.1) is 0 Å². The predicted octanol–water partition coefficient (Wildman–Crippen LogP) is 14.7. The van der Waals surface area contributed by atoms with Gasteiger partial charge in [-0.2, -0.15) is 0 Å². The summed E-state index contributed by atoms with van der Waals surface area (Å²) >= 11 is 0. The maximum absolute atomic E-state index is 2.43. The molecular formula is C54H37N3. The Morgan fingerprint density at radius 3 is 1.05 bits per heavy atom. The van der Waals surface area contributed by atoms with Gasteiger partial charge in [0.25, 0.3) is 0 Å². The highest BCUT2D eigenvalue weighted by Crippen LogP contribution is 2.41. The van der Waals surface area contributed by atoms with Gasteiger partial charge in [-0.1, -0.05) is 140 Å². The Balaban J connectivity index is 1.06. The molecule has 2 aromatic heterocycles. The molecule has 0 N–H and O–H groups in total. The third-order valence-electron chi connectivity index (χ3n) is 11.3. The summed E-state index contributed by atoms with van der Waals surface area (Å²) in [5.41, 5.74) is 15.1. The van der Waals surface area contributed by atoms with Gasteiger partial charge in [-0.3, -0.25) is 0 Å². The molecule has 0 saturated carbocycles. The van der Waals surface area contributed by atoms with E-state index in [1.165, 1.54) is 65.9 Å². The second-order valence-corrected chi connectivity index (χ2v) is 14.6. The Morgan fingerprint density at radius 1 is 0.246 bits per heavy atom. The number of para-hydroxylation sites is 3. The highest BCUT2D eigenvalue weighted by atomic mass is 15.1. The van der Waals surface area contributed by atoms with Crippen LogP contribution in [0.2, 0.25) is 0 Å². The molecule has 0 saturated heterocycles. The first kappa shape index (κ1) is 32.8. The zero-order valence-corrected chi connectivity index (χ0v) is 31.2. The van der Waals surface area contributed by atoms with E-state index in [1.54, 1.807) is 0 Å². The van der Waals surface area contributed by atoms with Crippen molar-refractivity contribution in [3.05, 3.63) is 224 Å². The Bertz CT molecular complexity index is 3100. The van der Waals surface area contributed by atoms with Crippen molar-refractivity contribution in [3.63, 3.8) is 0 Å². The highest BCUT2D eigenvalue weighted by molar-refractivity contribution is 6.19. The van der Waals surface area contributed by atoms with Gasteiger partial charge in [-0.05, 0) is 107 Å². The van der Waals surface area contributed by atoms with Crippen LogP contribution < -0.4 is 4.90 Å². The lowest BCUT2D eigenvalue weighted by molar-refractivity contribution is 1.16. The van der Waals surface area contributed by atoms with Crippen LogP contribution in [0.3, 0.4) is 0 Å². The summed E-state index contributed by atoms with van der Waals surface area (Å²) in [7, 11) is 0. The van der Waals surface area contributed by atoms with E-state index in [1.807, 2.05) is 0 Å². The molecule has 3 nitrogen and oxygen atoms in total. The van der Waals surface area contributed by atoms with Gasteiger partial charge in [0.1, 0.15) is 0 Å². The first-order valence-corrected chi connectivity index (χ1v) is 19.5. The smallest absolute Gasteiger partial charge is 0.0562 e. The molecule has 0 radical (unpaired) electrons. The second kappa shape index (κ2) is 13.6. The predicted molar refractivity (Wildman–Crippen MR) is 241 cm³/mol. The summed E-state index contributed by atoms with van der Waals surface area (Å²) in [5.74, 6) is 0. The standard InChI is InChI=1S/C54H37N3/c1-4-14-38(15-5-1)40-24-28-43(29-25-40)55(44-30-26-41(27-31-44)39-16-6-2-7-17-39)45-32-34-46(35-33-45)57-52-23-13-11-21-48(52)50-36-49-47-20-10-12-22-51(47)56(53(49)37-54(50)57)42-18-8-3-9-19-42/h1-37H. The average molecular weight is 728 g/mol. The SMILES string of the molecule is c1ccc(-c2ccc(N(c3ccc(-c4ccccc4)cc3)c3ccc(-n4c5ccccc5c5cc6c7ccccc7n(-c7ccccc7)c6cc54)cc3)cc2)cc1. The molecule has 11 aromatic rings. The first-order valence-electron chi connectivity index (χ1n) is 19.5. The fourth-order valence-electron chi connectivity index (χ4n) is 8.63. The van der Waals surface area contributed by atoms with Gasteiger partial charge in [0, 0.05) is 50.0 Å². The topological polar surface area (TPSA) is 13.1 Å². The van der Waals surface area contributed by atoms with E-state index in [9.17, 15) is 0 Å². The summed E-state index contributed by atoms with van der Waals surface area (Å²) in [6, 6.07) is 81.0. The molecule has 0 spiro atoms. The van der Waals surface area contributed by atoms with Crippen molar-refractivity contribution in [1.29, 1.82) is 0 Å². The minimum atomic E-state index is 1.09. The summed E-state index contributed by atoms with van der Waals surface area (Å²) in [6.45, 7) is 0. The molecule has 0 bridgehead atoms. The van der Waals surface area contributed by atoms with Crippen LogP contribution >= 0.6 is 0 Å². The van der Waals surface area contributed by atoms with Gasteiger partial charge in [0.2, 0.25) is 0 Å². The van der Waals surface area contributed by atoms with E-state index < -0.39 is 0 Å². The third kappa shape index (κ3) is 5.60. The largest absolute Gasteiger partial charge is 0.311 e. The summed E-state index contributed by atoms with van der Waals surface area (Å²) in [4.78, 5) is 2.35. The molecule has 268 valence electrons. The maximum atomic E-state index is 2.43. The normalized spacial score (nSPS) is 11.5. The number of hydrogen-bond donors (Lipinski definition) is 0. The van der Waals surface area contributed by atoms with Gasteiger partial charge in [-0.15, -0.1) is 0 Å². The molecule has 0 fully saturated rings. The zero-order chi connectivity index (χ0) is 37.7. The lowest BCUT2D eigenvalue weighted by atomic mass is 10.0. The molecule has 3 heteroatoms. The third-order valence-corrected chi connectivity index (χ3v) is 11.3. The van der Waals surface area contributed by atoms with Crippen LogP contribution in [0.1, 0.15) is 0 Å². The van der Waals surface area contributed by atoms with Crippen molar-refractivity contribution in [3.8, 4) is 33.6 Å². The summed E-state index contributed by atoms with van der Waals surface area (Å²) in [6.07, 6.45) is 0. The van der Waals surface area contributed by atoms with Crippen molar-refractivity contribution in [2.75, 3.05) is 4.90 Å². The Morgan fingerprint density at radius 2 is 0.596 bits per heavy atom. The molecule has 0 aliphatic carbocycles. The van der Waals surface area contributed by atoms with Crippen molar-refractivity contribution in [2.24, 2.45) is 0 Å². The molecule has 9 aromatic carbocycles. The van der Waals surface area contributed by atoms with Gasteiger partial charge >= 0.3 is 0 Å². The van der Waals surface area contributed by atoms with Gasteiger partial charge < -0.3 is 14.0 Å². The molecule has 2 heterocycles. The second-order valence-electron chi connectivity index (χ2n) is 14.6. The van der Waals surface area contributed by atoms with Crippen LogP contribution in [0.5, 0.6) is 0 Å². The minimum absolute atomic E-state index is 1.09. The lowest BCUT2D eigenvalue weighted by Crippen LogP contribution is -2.10. The summed E-state index contributed by atoms with van der Waals surface area (Å²) < 4.78 is 4.83. The number of benzene rings is 9. The fourth-order valence-corrected chi connectivity index (χ4v) is 8.63. The van der Waals surface area contributed by atoms with Gasteiger partial charge in [0.15, 0.2) is 0 Å². The zero-order valence-electron chi connectivity index (χ0n) is 31.2. The van der Waals surface area contributed by atoms with E-state index in [4.69, 9.17) is 0 Å². The molecule has 0 atom stereocenters. The van der Waals surface area contributed by atoms with E-state index in [-0.39, 0.29) is 0 Å². The summed E-state index contributed by atoms with van der Waals surface area (Å²) in [5, 5.41) is 5.01. The van der Waals surface area contributed by atoms with Crippen molar-refractivity contribution < 1.29 is 0 Å². The van der Waals surface area contributed by atoms with Crippen LogP contribution in [-0.2, 0) is 0 Å². The quantitative estimate of drug-likeness (QED) is 0.159. The molecule has 0 aliphatic heterocycles. The maximum Gasteiger partial charge on any atom is 0.0562 e.